The molecule has 0 aliphatic carbocycles. The van der Waals surface area contributed by atoms with Crippen molar-refractivity contribution in [3.63, 3.8) is 0 Å². The number of allylic oxidation sites excluding steroid dienone is 1. The molecule has 0 aromatic carbocycles. The molecule has 0 aliphatic rings. The molecule has 0 saturated carbocycles. The normalized spacial score (nSPS) is 8.11. The maximum atomic E-state index is 9.94. The quantitative estimate of drug-likeness (QED) is 0.275. The third-order valence-electron chi connectivity index (χ3n) is 0.888. The molecule has 0 heterocycles. The fourth-order valence-corrected chi connectivity index (χ4v) is 1.02. The minimum Gasteiger partial charge on any atom is -0.466 e. The van der Waals surface area contributed by atoms with Gasteiger partial charge in [-0.1, -0.05) is 25.3 Å². The molecule has 1 N–H and O–H groups in total. The van der Waals surface area contributed by atoms with Gasteiger partial charge in [0, 0.05) is 12.2 Å². The molecule has 0 aromatic heterocycles. The third kappa shape index (κ3) is 36.9. The van der Waals surface area contributed by atoms with Crippen molar-refractivity contribution in [3.8, 4) is 6.07 Å². The number of methoxy groups -OCH3 is 1. The molecule has 18 heavy (non-hydrogen) atoms. The molecule has 0 bridgehead atoms. The largest absolute Gasteiger partial charge is 0.466 e. The van der Waals surface area contributed by atoms with E-state index in [1.165, 1.54) is 20.1 Å². The van der Waals surface area contributed by atoms with E-state index in [4.69, 9.17) is 9.81 Å². The molecule has 0 unspecified atom stereocenters. The molecule has 0 aliphatic heterocycles. The minimum atomic E-state index is -3.82. The first-order chi connectivity index (χ1) is 8.14. The summed E-state index contributed by atoms with van der Waals surface area (Å²) >= 11 is 0. The van der Waals surface area contributed by atoms with Crippen molar-refractivity contribution < 1.29 is 22.5 Å². The van der Waals surface area contributed by atoms with Crippen LogP contribution in [0.1, 0.15) is 6.92 Å². The second-order valence-electron chi connectivity index (χ2n) is 2.74. The summed E-state index contributed by atoms with van der Waals surface area (Å²) in [6.45, 7) is 11.1. The van der Waals surface area contributed by atoms with Crippen LogP contribution >= 0.6 is 0 Å². The molecule has 0 atom stereocenters. The van der Waals surface area contributed by atoms with Gasteiger partial charge >= 0.3 is 5.97 Å². The maximum Gasteiger partial charge on any atom is 0.329 e. The fourth-order valence-electron chi connectivity index (χ4n) is 0.395. The Morgan fingerprint density at radius 2 is 1.89 bits per heavy atom. The van der Waals surface area contributed by atoms with Crippen LogP contribution in [0.2, 0.25) is 0 Å². The van der Waals surface area contributed by atoms with E-state index in [0.29, 0.717) is 5.57 Å². The summed E-state index contributed by atoms with van der Waals surface area (Å²) in [5, 5.41) is 7.51. The van der Waals surface area contributed by atoms with Crippen LogP contribution in [0.25, 0.3) is 0 Å². The highest BCUT2D eigenvalue weighted by atomic mass is 32.2. The van der Waals surface area contributed by atoms with Crippen LogP contribution in [-0.2, 0) is 19.6 Å². The molecule has 6 nitrogen and oxygen atoms in total. The van der Waals surface area contributed by atoms with Crippen LogP contribution in [0.4, 0.5) is 0 Å². The lowest BCUT2D eigenvalue weighted by molar-refractivity contribution is -0.134. The number of nitriles is 1. The molecular weight excluding hydrogens is 258 g/mol. The first-order valence-electron chi connectivity index (χ1n) is 4.45. The molecule has 0 saturated heterocycles. The summed E-state index contributed by atoms with van der Waals surface area (Å²) in [4.78, 5) is 9.84. The first kappa shape index (κ1) is 21.4. The number of carbonyl (C=O) groups excluding carboxylic acids is 1. The number of ether oxygens (including phenoxy) is 1. The standard InChI is InChI=1S/C4H8O3S.C4H6O2.C3H3N/c1-4(2)3-8(5,6)7;1-3-4(5)6-2;1-2-3-4/h1,3H2,2H3,(H,5,6,7);3H,1H2,2H3;2H,1H2. The van der Waals surface area contributed by atoms with Crippen molar-refractivity contribution >= 4 is 16.1 Å². The Morgan fingerprint density at radius 3 is 1.89 bits per heavy atom. The molecule has 0 rings (SSSR count). The zero-order valence-corrected chi connectivity index (χ0v) is 11.2. The second kappa shape index (κ2) is 13.2. The zero-order chi connectivity index (χ0) is 15.2. The lowest BCUT2D eigenvalue weighted by Crippen LogP contribution is -2.03. The van der Waals surface area contributed by atoms with Gasteiger partial charge in [0.25, 0.3) is 10.1 Å². The molecule has 0 aromatic rings. The SMILES string of the molecule is C=C(C)CS(=O)(=O)O.C=CC#N.C=CC(=O)OC. The lowest BCUT2D eigenvalue weighted by atomic mass is 10.4. The molecule has 0 fully saturated rings. The molecule has 102 valence electrons. The van der Waals surface area contributed by atoms with Gasteiger partial charge in [-0.2, -0.15) is 13.7 Å². The Kier molecular flexibility index (Phi) is 15.6. The average molecular weight is 275 g/mol. The number of esters is 1. The van der Waals surface area contributed by atoms with Crippen LogP contribution in [0, 0.1) is 11.3 Å². The number of carbonyl (C=O) groups is 1. The van der Waals surface area contributed by atoms with Crippen LogP contribution in [-0.4, -0.2) is 31.8 Å². The Balaban J connectivity index is -0.000000200. The summed E-state index contributed by atoms with van der Waals surface area (Å²) in [6.07, 6.45) is 2.29. The summed E-state index contributed by atoms with van der Waals surface area (Å²) in [5.41, 5.74) is 0.438. The van der Waals surface area contributed by atoms with Gasteiger partial charge in [0.2, 0.25) is 0 Å². The van der Waals surface area contributed by atoms with E-state index in [1.807, 2.05) is 0 Å². The Morgan fingerprint density at radius 1 is 1.50 bits per heavy atom. The Bertz CT molecular complexity index is 417. The number of hydrogen-bond acceptors (Lipinski definition) is 5. The van der Waals surface area contributed by atoms with E-state index in [1.54, 1.807) is 6.07 Å². The molecule has 0 amide bonds. The minimum absolute atomic E-state index is 0.340. The van der Waals surface area contributed by atoms with E-state index < -0.39 is 16.1 Å². The third-order valence-corrected chi connectivity index (χ3v) is 1.75. The fraction of sp³-hybridized carbons (Fsp3) is 0.273. The molecule has 7 heteroatoms. The summed E-state index contributed by atoms with van der Waals surface area (Å²) in [7, 11) is -2.51. The lowest BCUT2D eigenvalue weighted by Gasteiger charge is -1.90. The van der Waals surface area contributed by atoms with E-state index in [2.05, 4.69) is 24.5 Å². The summed E-state index contributed by atoms with van der Waals surface area (Å²) in [5.74, 6) is -0.734. The average Bonchev–Trinajstić information content (AvgIpc) is 2.25. The van der Waals surface area contributed by atoms with E-state index in [9.17, 15) is 13.2 Å². The van der Waals surface area contributed by atoms with Gasteiger partial charge in [0.05, 0.1) is 18.9 Å². The maximum absolute atomic E-state index is 9.94. The number of rotatable bonds is 3. The van der Waals surface area contributed by atoms with Crippen LogP contribution in [0.15, 0.2) is 37.5 Å². The molecule has 0 radical (unpaired) electrons. The summed E-state index contributed by atoms with van der Waals surface area (Å²) in [6, 6.07) is 1.69. The number of nitrogens with zero attached hydrogens (tertiary/aromatic N) is 1. The van der Waals surface area contributed by atoms with Crippen LogP contribution < -0.4 is 0 Å². The highest BCUT2D eigenvalue weighted by Gasteiger charge is 2.01. The van der Waals surface area contributed by atoms with E-state index >= 15 is 0 Å². The highest BCUT2D eigenvalue weighted by molar-refractivity contribution is 7.85. The summed E-state index contributed by atoms with van der Waals surface area (Å²) < 4.78 is 32.1. The van der Waals surface area contributed by atoms with E-state index in [0.717, 1.165) is 6.08 Å². The van der Waals surface area contributed by atoms with Gasteiger partial charge in [-0.05, 0) is 6.92 Å². The van der Waals surface area contributed by atoms with Crippen molar-refractivity contribution in [1.29, 1.82) is 5.26 Å². The van der Waals surface area contributed by atoms with Crippen LogP contribution in [0.3, 0.4) is 0 Å². The monoisotopic (exact) mass is 275 g/mol. The van der Waals surface area contributed by atoms with Gasteiger partial charge in [-0.25, -0.2) is 4.79 Å². The Hall–Kier alpha value is -1.91. The van der Waals surface area contributed by atoms with Crippen molar-refractivity contribution in [2.75, 3.05) is 12.9 Å². The predicted molar refractivity (Wildman–Crippen MR) is 69.3 cm³/mol. The smallest absolute Gasteiger partial charge is 0.329 e. The second-order valence-corrected chi connectivity index (χ2v) is 4.20. The van der Waals surface area contributed by atoms with Gasteiger partial charge < -0.3 is 4.74 Å². The van der Waals surface area contributed by atoms with Gasteiger partial charge in [0.1, 0.15) is 0 Å². The van der Waals surface area contributed by atoms with Gasteiger partial charge in [-0.3, -0.25) is 4.55 Å². The van der Waals surface area contributed by atoms with Crippen molar-refractivity contribution in [2.45, 2.75) is 6.92 Å². The van der Waals surface area contributed by atoms with Crippen molar-refractivity contribution in [2.24, 2.45) is 0 Å². The topological polar surface area (TPSA) is 104 Å². The van der Waals surface area contributed by atoms with Crippen molar-refractivity contribution in [3.05, 3.63) is 37.5 Å². The Labute approximate surface area is 108 Å². The first-order valence-corrected chi connectivity index (χ1v) is 6.05. The van der Waals surface area contributed by atoms with E-state index in [-0.39, 0.29) is 5.75 Å². The van der Waals surface area contributed by atoms with Gasteiger partial charge in [0.15, 0.2) is 0 Å². The van der Waals surface area contributed by atoms with Gasteiger partial charge in [-0.15, -0.1) is 0 Å². The van der Waals surface area contributed by atoms with Crippen LogP contribution in [0.5, 0.6) is 0 Å². The van der Waals surface area contributed by atoms with Crippen molar-refractivity contribution in [1.82, 2.24) is 0 Å². The molecular formula is C11H17NO5S. The predicted octanol–water partition coefficient (Wildman–Crippen LogP) is 1.49. The number of hydrogen-bond donors (Lipinski definition) is 1. The zero-order valence-electron chi connectivity index (χ0n) is 10.4. The highest BCUT2D eigenvalue weighted by Crippen LogP contribution is 1.91. The molecule has 0 spiro atoms.